The van der Waals surface area contributed by atoms with E-state index in [0.717, 1.165) is 11.2 Å². The normalized spacial score (nSPS) is 18.9. The van der Waals surface area contributed by atoms with Gasteiger partial charge in [-0.05, 0) is 18.1 Å². The SMILES string of the molecule is O=C(O)C1CC(=O)N(CCc2ccc3nccn3c2)C1. The van der Waals surface area contributed by atoms with Gasteiger partial charge in [-0.3, -0.25) is 9.59 Å². The summed E-state index contributed by atoms with van der Waals surface area (Å²) >= 11 is 0. The maximum absolute atomic E-state index is 11.7. The van der Waals surface area contributed by atoms with Crippen LogP contribution in [0.15, 0.2) is 30.7 Å². The Hall–Kier alpha value is -2.37. The smallest absolute Gasteiger partial charge is 0.308 e. The number of aliphatic carboxylic acids is 1. The van der Waals surface area contributed by atoms with Crippen molar-refractivity contribution in [1.82, 2.24) is 14.3 Å². The second-order valence-corrected chi connectivity index (χ2v) is 5.06. The summed E-state index contributed by atoms with van der Waals surface area (Å²) in [5.74, 6) is -1.51. The van der Waals surface area contributed by atoms with E-state index in [1.54, 1.807) is 11.1 Å². The quantitative estimate of drug-likeness (QED) is 0.894. The van der Waals surface area contributed by atoms with E-state index < -0.39 is 11.9 Å². The fourth-order valence-corrected chi connectivity index (χ4v) is 2.53. The van der Waals surface area contributed by atoms with Gasteiger partial charge in [-0.25, -0.2) is 4.98 Å². The van der Waals surface area contributed by atoms with Crippen molar-refractivity contribution in [1.29, 1.82) is 0 Å². The molecule has 6 heteroatoms. The summed E-state index contributed by atoms with van der Waals surface area (Å²) in [6, 6.07) is 3.92. The van der Waals surface area contributed by atoms with E-state index in [4.69, 9.17) is 5.11 Å². The van der Waals surface area contributed by atoms with Crippen LogP contribution < -0.4 is 0 Å². The first kappa shape index (κ1) is 12.7. The minimum atomic E-state index is -0.888. The Labute approximate surface area is 115 Å². The van der Waals surface area contributed by atoms with Gasteiger partial charge in [-0.2, -0.15) is 0 Å². The molecule has 3 heterocycles. The van der Waals surface area contributed by atoms with Crippen LogP contribution in [0, 0.1) is 5.92 Å². The van der Waals surface area contributed by atoms with Gasteiger partial charge in [0.15, 0.2) is 0 Å². The molecule has 0 aliphatic carbocycles. The Morgan fingerprint density at radius 2 is 2.30 bits per heavy atom. The number of carbonyl (C=O) groups is 2. The number of carboxylic acid groups (broad SMARTS) is 1. The molecule has 1 unspecified atom stereocenters. The summed E-state index contributed by atoms with van der Waals surface area (Å²) < 4.78 is 1.93. The molecule has 1 amide bonds. The number of nitrogens with zero attached hydrogens (tertiary/aromatic N) is 3. The zero-order valence-electron chi connectivity index (χ0n) is 10.9. The van der Waals surface area contributed by atoms with Crippen molar-refractivity contribution in [3.05, 3.63) is 36.3 Å². The summed E-state index contributed by atoms with van der Waals surface area (Å²) in [4.78, 5) is 28.4. The summed E-state index contributed by atoms with van der Waals surface area (Å²) in [5, 5.41) is 8.94. The number of carbonyl (C=O) groups excluding carboxylic acids is 1. The van der Waals surface area contributed by atoms with E-state index >= 15 is 0 Å². The van der Waals surface area contributed by atoms with Crippen LogP contribution in [-0.2, 0) is 16.0 Å². The zero-order chi connectivity index (χ0) is 14.1. The first-order valence-electron chi connectivity index (χ1n) is 6.55. The summed E-state index contributed by atoms with van der Waals surface area (Å²) in [6.07, 6.45) is 6.43. The molecule has 1 fully saturated rings. The van der Waals surface area contributed by atoms with E-state index in [-0.39, 0.29) is 12.3 Å². The highest BCUT2D eigenvalue weighted by Crippen LogP contribution is 2.18. The number of carboxylic acids is 1. The number of hydrogen-bond donors (Lipinski definition) is 1. The van der Waals surface area contributed by atoms with Gasteiger partial charge in [-0.15, -0.1) is 0 Å². The van der Waals surface area contributed by atoms with Crippen molar-refractivity contribution < 1.29 is 14.7 Å². The fraction of sp³-hybridized carbons (Fsp3) is 0.357. The molecule has 0 saturated carbocycles. The average molecular weight is 273 g/mol. The molecular formula is C14H15N3O3. The fourth-order valence-electron chi connectivity index (χ4n) is 2.53. The van der Waals surface area contributed by atoms with Crippen LogP contribution in [0.3, 0.4) is 0 Å². The zero-order valence-corrected chi connectivity index (χ0v) is 10.9. The lowest BCUT2D eigenvalue weighted by atomic mass is 10.1. The summed E-state index contributed by atoms with van der Waals surface area (Å²) in [6.45, 7) is 0.879. The second-order valence-electron chi connectivity index (χ2n) is 5.06. The predicted molar refractivity (Wildman–Crippen MR) is 71.2 cm³/mol. The van der Waals surface area contributed by atoms with Crippen LogP contribution in [0.4, 0.5) is 0 Å². The molecule has 2 aromatic heterocycles. The third kappa shape index (κ3) is 2.36. The Balaban J connectivity index is 1.64. The van der Waals surface area contributed by atoms with Crippen LogP contribution in [0.5, 0.6) is 0 Å². The number of amides is 1. The molecule has 1 saturated heterocycles. The number of hydrogen-bond acceptors (Lipinski definition) is 3. The van der Waals surface area contributed by atoms with Gasteiger partial charge in [0.25, 0.3) is 0 Å². The van der Waals surface area contributed by atoms with Crippen molar-refractivity contribution in [2.75, 3.05) is 13.1 Å². The number of fused-ring (bicyclic) bond motifs is 1. The molecule has 2 aromatic rings. The van der Waals surface area contributed by atoms with Crippen LogP contribution in [-0.4, -0.2) is 44.4 Å². The minimum Gasteiger partial charge on any atom is -0.481 e. The van der Waals surface area contributed by atoms with Gasteiger partial charge < -0.3 is 14.4 Å². The van der Waals surface area contributed by atoms with Crippen molar-refractivity contribution in [2.24, 2.45) is 5.92 Å². The Morgan fingerprint density at radius 3 is 3.05 bits per heavy atom. The van der Waals surface area contributed by atoms with Crippen LogP contribution >= 0.6 is 0 Å². The second kappa shape index (κ2) is 4.96. The standard InChI is InChI=1S/C14H15N3O3/c18-13-7-11(14(19)20)9-17(13)5-3-10-1-2-12-15-4-6-16(12)8-10/h1-2,4,6,8,11H,3,5,7,9H2,(H,19,20). The maximum Gasteiger partial charge on any atom is 0.308 e. The number of aromatic nitrogens is 2. The number of rotatable bonds is 4. The van der Waals surface area contributed by atoms with E-state index in [0.29, 0.717) is 19.5 Å². The van der Waals surface area contributed by atoms with Crippen molar-refractivity contribution in [3.63, 3.8) is 0 Å². The molecule has 1 N–H and O–H groups in total. The van der Waals surface area contributed by atoms with Crippen molar-refractivity contribution in [3.8, 4) is 0 Å². The first-order valence-corrected chi connectivity index (χ1v) is 6.55. The highest BCUT2D eigenvalue weighted by atomic mass is 16.4. The summed E-state index contributed by atoms with van der Waals surface area (Å²) in [7, 11) is 0. The third-order valence-corrected chi connectivity index (χ3v) is 3.68. The number of likely N-dealkylation sites (tertiary alicyclic amines) is 1. The van der Waals surface area contributed by atoms with Crippen molar-refractivity contribution in [2.45, 2.75) is 12.8 Å². The lowest BCUT2D eigenvalue weighted by Gasteiger charge is -2.15. The molecule has 1 aliphatic rings. The van der Waals surface area contributed by atoms with E-state index in [1.165, 1.54) is 0 Å². The van der Waals surface area contributed by atoms with Gasteiger partial charge in [0.05, 0.1) is 5.92 Å². The van der Waals surface area contributed by atoms with Crippen molar-refractivity contribution >= 4 is 17.5 Å². The predicted octanol–water partition coefficient (Wildman–Crippen LogP) is 0.810. The lowest BCUT2D eigenvalue weighted by Crippen LogP contribution is -2.28. The van der Waals surface area contributed by atoms with Gasteiger partial charge in [0.2, 0.25) is 5.91 Å². The van der Waals surface area contributed by atoms with Crippen LogP contribution in [0.1, 0.15) is 12.0 Å². The van der Waals surface area contributed by atoms with Gasteiger partial charge >= 0.3 is 5.97 Å². The molecular weight excluding hydrogens is 258 g/mol. The molecule has 0 spiro atoms. The van der Waals surface area contributed by atoms with E-state index in [2.05, 4.69) is 4.98 Å². The highest BCUT2D eigenvalue weighted by Gasteiger charge is 2.33. The van der Waals surface area contributed by atoms with E-state index in [1.807, 2.05) is 28.9 Å². The largest absolute Gasteiger partial charge is 0.481 e. The third-order valence-electron chi connectivity index (χ3n) is 3.68. The number of pyridine rings is 1. The molecule has 20 heavy (non-hydrogen) atoms. The molecule has 0 radical (unpaired) electrons. The molecule has 3 rings (SSSR count). The molecule has 1 aliphatic heterocycles. The van der Waals surface area contributed by atoms with Gasteiger partial charge in [0.1, 0.15) is 5.65 Å². The highest BCUT2D eigenvalue weighted by molar-refractivity contribution is 5.86. The lowest BCUT2D eigenvalue weighted by molar-refractivity contribution is -0.141. The minimum absolute atomic E-state index is 0.0684. The average Bonchev–Trinajstić information content (AvgIpc) is 3.02. The summed E-state index contributed by atoms with van der Waals surface area (Å²) in [5.41, 5.74) is 1.99. The number of imidazole rings is 1. The topological polar surface area (TPSA) is 74.9 Å². The monoisotopic (exact) mass is 273 g/mol. The van der Waals surface area contributed by atoms with Crippen LogP contribution in [0.2, 0.25) is 0 Å². The molecule has 0 aromatic carbocycles. The van der Waals surface area contributed by atoms with E-state index in [9.17, 15) is 9.59 Å². The van der Waals surface area contributed by atoms with Gasteiger partial charge in [-0.1, -0.05) is 6.07 Å². The Morgan fingerprint density at radius 1 is 1.45 bits per heavy atom. The molecule has 1 atom stereocenters. The maximum atomic E-state index is 11.7. The molecule has 0 bridgehead atoms. The molecule has 104 valence electrons. The first-order chi connectivity index (χ1) is 9.63. The molecule has 6 nitrogen and oxygen atoms in total. The van der Waals surface area contributed by atoms with Gasteiger partial charge in [0, 0.05) is 38.1 Å². The Kier molecular flexibility index (Phi) is 3.14. The Bertz CT molecular complexity index is 664. The van der Waals surface area contributed by atoms with Crippen LogP contribution in [0.25, 0.3) is 5.65 Å².